The lowest BCUT2D eigenvalue weighted by atomic mass is 10.1. The summed E-state index contributed by atoms with van der Waals surface area (Å²) >= 11 is 0. The second kappa shape index (κ2) is 8.22. The van der Waals surface area contributed by atoms with Gasteiger partial charge in [-0.25, -0.2) is 4.79 Å². The van der Waals surface area contributed by atoms with Crippen LogP contribution in [0.3, 0.4) is 0 Å². The normalized spacial score (nSPS) is 11.6. The van der Waals surface area contributed by atoms with E-state index >= 15 is 0 Å². The van der Waals surface area contributed by atoms with Crippen molar-refractivity contribution in [2.24, 2.45) is 0 Å². The average Bonchev–Trinajstić information content (AvgIpc) is 2.56. The highest BCUT2D eigenvalue weighted by Gasteiger charge is 2.09. The van der Waals surface area contributed by atoms with Crippen LogP contribution >= 0.6 is 0 Å². The van der Waals surface area contributed by atoms with Crippen LogP contribution < -0.4 is 15.4 Å². The van der Waals surface area contributed by atoms with E-state index in [1.165, 1.54) is 11.1 Å². The number of ether oxygens (including phenoxy) is 1. The number of hydrogen-bond donors (Lipinski definition) is 2. The van der Waals surface area contributed by atoms with Crippen LogP contribution in [0.15, 0.2) is 48.5 Å². The number of amides is 2. The number of nitrogens with one attached hydrogen (secondary N) is 2. The maximum atomic E-state index is 11.9. The lowest BCUT2D eigenvalue weighted by molar-refractivity contribution is 0.238. The van der Waals surface area contributed by atoms with E-state index in [9.17, 15) is 4.79 Å². The molecule has 0 saturated carbocycles. The first-order valence-corrected chi connectivity index (χ1v) is 7.82. The van der Waals surface area contributed by atoms with Crippen LogP contribution in [0.25, 0.3) is 0 Å². The van der Waals surface area contributed by atoms with E-state index in [0.717, 1.165) is 17.7 Å². The van der Waals surface area contributed by atoms with Gasteiger partial charge < -0.3 is 15.4 Å². The molecular formula is C19H24N2O2. The number of rotatable bonds is 6. The number of aryl methyl sites for hydroxylation is 1. The number of urea groups is 1. The van der Waals surface area contributed by atoms with Crippen molar-refractivity contribution in [1.29, 1.82) is 0 Å². The van der Waals surface area contributed by atoms with Crippen LogP contribution in [0.1, 0.15) is 29.7 Å². The molecule has 0 aliphatic rings. The van der Waals surface area contributed by atoms with Gasteiger partial charge in [-0.3, -0.25) is 0 Å². The lowest BCUT2D eigenvalue weighted by Gasteiger charge is -2.15. The highest BCUT2D eigenvalue weighted by molar-refractivity contribution is 5.74. The van der Waals surface area contributed by atoms with E-state index in [1.807, 2.05) is 31.2 Å². The van der Waals surface area contributed by atoms with Gasteiger partial charge in [0.25, 0.3) is 0 Å². The Morgan fingerprint density at radius 1 is 1.09 bits per heavy atom. The summed E-state index contributed by atoms with van der Waals surface area (Å²) in [4.78, 5) is 11.9. The van der Waals surface area contributed by atoms with Gasteiger partial charge in [-0.1, -0.05) is 42.0 Å². The average molecular weight is 312 g/mol. The Kier molecular flexibility index (Phi) is 6.03. The van der Waals surface area contributed by atoms with Crippen LogP contribution in [0.5, 0.6) is 5.75 Å². The summed E-state index contributed by atoms with van der Waals surface area (Å²) in [7, 11) is 1.64. The largest absolute Gasteiger partial charge is 0.497 e. The van der Waals surface area contributed by atoms with Crippen molar-refractivity contribution < 1.29 is 9.53 Å². The Morgan fingerprint density at radius 3 is 2.35 bits per heavy atom. The molecule has 2 aromatic rings. The van der Waals surface area contributed by atoms with Crippen molar-refractivity contribution in [1.82, 2.24) is 10.6 Å². The van der Waals surface area contributed by atoms with Gasteiger partial charge >= 0.3 is 6.03 Å². The van der Waals surface area contributed by atoms with Crippen molar-refractivity contribution in [3.8, 4) is 5.75 Å². The molecule has 0 bridgehead atoms. The predicted molar refractivity (Wildman–Crippen MR) is 92.8 cm³/mol. The summed E-state index contributed by atoms with van der Waals surface area (Å²) in [5.74, 6) is 0.809. The molecule has 0 fully saturated rings. The van der Waals surface area contributed by atoms with Gasteiger partial charge in [-0.2, -0.15) is 0 Å². The Morgan fingerprint density at radius 2 is 1.74 bits per heavy atom. The van der Waals surface area contributed by atoms with Gasteiger partial charge in [0.1, 0.15) is 5.75 Å². The van der Waals surface area contributed by atoms with Crippen molar-refractivity contribution >= 4 is 6.03 Å². The van der Waals surface area contributed by atoms with Crippen molar-refractivity contribution in [3.05, 3.63) is 65.2 Å². The van der Waals surface area contributed by atoms with Gasteiger partial charge in [-0.05, 0) is 43.5 Å². The zero-order valence-electron chi connectivity index (χ0n) is 13.9. The van der Waals surface area contributed by atoms with E-state index in [4.69, 9.17) is 4.74 Å². The fraction of sp³-hybridized carbons (Fsp3) is 0.316. The third kappa shape index (κ3) is 5.33. The first-order valence-electron chi connectivity index (χ1n) is 7.82. The molecule has 2 amide bonds. The summed E-state index contributed by atoms with van der Waals surface area (Å²) < 4.78 is 5.13. The van der Waals surface area contributed by atoms with Crippen LogP contribution in [0.2, 0.25) is 0 Å². The SMILES string of the molecule is COc1ccc(C(C)NC(=O)NCCc2ccc(C)cc2)cc1. The van der Waals surface area contributed by atoms with Gasteiger partial charge in [-0.15, -0.1) is 0 Å². The molecule has 0 aliphatic heterocycles. The first kappa shape index (κ1) is 16.9. The minimum Gasteiger partial charge on any atom is -0.497 e. The van der Waals surface area contributed by atoms with Crippen LogP contribution in [-0.4, -0.2) is 19.7 Å². The maximum Gasteiger partial charge on any atom is 0.315 e. The van der Waals surface area contributed by atoms with Gasteiger partial charge in [0.2, 0.25) is 0 Å². The number of carbonyl (C=O) groups is 1. The van der Waals surface area contributed by atoms with Gasteiger partial charge in [0, 0.05) is 6.54 Å². The van der Waals surface area contributed by atoms with Gasteiger partial charge in [0.05, 0.1) is 13.2 Å². The van der Waals surface area contributed by atoms with E-state index in [-0.39, 0.29) is 12.1 Å². The fourth-order valence-electron chi connectivity index (χ4n) is 2.30. The van der Waals surface area contributed by atoms with E-state index < -0.39 is 0 Å². The molecule has 4 nitrogen and oxygen atoms in total. The smallest absolute Gasteiger partial charge is 0.315 e. The van der Waals surface area contributed by atoms with Crippen LogP contribution in [-0.2, 0) is 6.42 Å². The highest BCUT2D eigenvalue weighted by atomic mass is 16.5. The molecule has 2 N–H and O–H groups in total. The number of carbonyl (C=O) groups excluding carboxylic acids is 1. The fourth-order valence-corrected chi connectivity index (χ4v) is 2.30. The lowest BCUT2D eigenvalue weighted by Crippen LogP contribution is -2.38. The highest BCUT2D eigenvalue weighted by Crippen LogP contribution is 2.17. The molecule has 2 aromatic carbocycles. The zero-order valence-corrected chi connectivity index (χ0v) is 13.9. The summed E-state index contributed by atoms with van der Waals surface area (Å²) in [6.07, 6.45) is 0.824. The predicted octanol–water partition coefficient (Wildman–Crippen LogP) is 3.61. The quantitative estimate of drug-likeness (QED) is 0.856. The molecule has 0 saturated heterocycles. The molecule has 0 heterocycles. The number of benzene rings is 2. The van der Waals surface area contributed by atoms with Crippen LogP contribution in [0.4, 0.5) is 4.79 Å². The Hall–Kier alpha value is -2.49. The van der Waals surface area contributed by atoms with Gasteiger partial charge in [0.15, 0.2) is 0 Å². The molecule has 2 rings (SSSR count). The molecular weight excluding hydrogens is 288 g/mol. The Balaban J connectivity index is 1.76. The minimum atomic E-state index is -0.152. The minimum absolute atomic E-state index is 0.0553. The van der Waals surface area contributed by atoms with Crippen molar-refractivity contribution in [2.75, 3.05) is 13.7 Å². The van der Waals surface area contributed by atoms with Crippen molar-refractivity contribution in [2.45, 2.75) is 26.3 Å². The second-order valence-corrected chi connectivity index (χ2v) is 5.63. The number of hydrogen-bond acceptors (Lipinski definition) is 2. The van der Waals surface area contributed by atoms with E-state index in [1.54, 1.807) is 7.11 Å². The molecule has 1 atom stereocenters. The molecule has 1 unspecified atom stereocenters. The van der Waals surface area contributed by atoms with Crippen molar-refractivity contribution in [3.63, 3.8) is 0 Å². The third-order valence-corrected chi connectivity index (χ3v) is 3.78. The monoisotopic (exact) mass is 312 g/mol. The number of methoxy groups -OCH3 is 1. The molecule has 0 aliphatic carbocycles. The second-order valence-electron chi connectivity index (χ2n) is 5.63. The topological polar surface area (TPSA) is 50.4 Å². The Labute approximate surface area is 137 Å². The summed E-state index contributed by atoms with van der Waals surface area (Å²) in [6.45, 7) is 4.64. The summed E-state index contributed by atoms with van der Waals surface area (Å²) in [6, 6.07) is 15.8. The standard InChI is InChI=1S/C19H24N2O2/c1-14-4-6-16(7-5-14)12-13-20-19(22)21-15(2)17-8-10-18(23-3)11-9-17/h4-11,15H,12-13H2,1-3H3,(H2,20,21,22). The third-order valence-electron chi connectivity index (χ3n) is 3.78. The summed E-state index contributed by atoms with van der Waals surface area (Å²) in [5.41, 5.74) is 3.51. The molecule has 23 heavy (non-hydrogen) atoms. The van der Waals surface area contributed by atoms with Crippen LogP contribution in [0, 0.1) is 6.92 Å². The molecule has 0 radical (unpaired) electrons. The molecule has 122 valence electrons. The Bertz CT molecular complexity index is 621. The summed E-state index contributed by atoms with van der Waals surface area (Å²) in [5, 5.41) is 5.83. The molecule has 0 spiro atoms. The van der Waals surface area contributed by atoms with E-state index in [0.29, 0.717) is 6.54 Å². The molecule has 0 aromatic heterocycles. The molecule has 4 heteroatoms. The maximum absolute atomic E-state index is 11.9. The first-order chi connectivity index (χ1) is 11.1. The zero-order chi connectivity index (χ0) is 16.7. The van der Waals surface area contributed by atoms with E-state index in [2.05, 4.69) is 41.8 Å².